The van der Waals surface area contributed by atoms with Gasteiger partial charge in [-0.3, -0.25) is 14.8 Å². The highest BCUT2D eigenvalue weighted by molar-refractivity contribution is 5.97. The standard InChI is InChI=1S/C15H19N3O4/c1-15(2,16)12(14(21)18-22)17-13(20)11-7-5-10(6-8-11)4-3-9-19/h5-8,12,19,22H,9,16H2,1-2H3,(H,17,20)(H,18,21). The Labute approximate surface area is 128 Å². The van der Waals surface area contributed by atoms with Gasteiger partial charge in [0.15, 0.2) is 0 Å². The number of carbonyl (C=O) groups is 2. The first-order valence-electron chi connectivity index (χ1n) is 6.53. The molecule has 1 atom stereocenters. The molecule has 0 aliphatic heterocycles. The van der Waals surface area contributed by atoms with Crippen LogP contribution in [-0.2, 0) is 4.79 Å². The number of benzene rings is 1. The summed E-state index contributed by atoms with van der Waals surface area (Å²) in [6.45, 7) is 2.87. The molecule has 0 aliphatic carbocycles. The summed E-state index contributed by atoms with van der Waals surface area (Å²) in [4.78, 5) is 23.7. The highest BCUT2D eigenvalue weighted by Crippen LogP contribution is 2.08. The molecule has 0 aliphatic rings. The molecule has 0 saturated heterocycles. The van der Waals surface area contributed by atoms with E-state index in [1.165, 1.54) is 17.6 Å². The maximum atomic E-state index is 12.1. The second-order valence-electron chi connectivity index (χ2n) is 5.24. The van der Waals surface area contributed by atoms with Gasteiger partial charge in [0.05, 0.1) is 0 Å². The zero-order valence-corrected chi connectivity index (χ0v) is 12.4. The van der Waals surface area contributed by atoms with Crippen molar-refractivity contribution in [2.75, 3.05) is 6.61 Å². The van der Waals surface area contributed by atoms with E-state index in [2.05, 4.69) is 17.2 Å². The van der Waals surface area contributed by atoms with Gasteiger partial charge in [0.1, 0.15) is 12.6 Å². The minimum absolute atomic E-state index is 0.244. The number of nitrogens with one attached hydrogen (secondary N) is 2. The molecule has 0 fully saturated rings. The van der Waals surface area contributed by atoms with Crippen molar-refractivity contribution in [1.82, 2.24) is 10.8 Å². The van der Waals surface area contributed by atoms with Gasteiger partial charge in [-0.1, -0.05) is 11.8 Å². The molecule has 7 heteroatoms. The van der Waals surface area contributed by atoms with Gasteiger partial charge >= 0.3 is 0 Å². The lowest BCUT2D eigenvalue weighted by Gasteiger charge is -2.29. The van der Waals surface area contributed by atoms with Crippen LogP contribution in [0.3, 0.4) is 0 Å². The summed E-state index contributed by atoms with van der Waals surface area (Å²) in [5.74, 6) is 3.89. The molecule has 0 bridgehead atoms. The minimum atomic E-state index is -1.10. The third kappa shape index (κ3) is 4.86. The number of carbonyl (C=O) groups excluding carboxylic acids is 2. The van der Waals surface area contributed by atoms with Crippen LogP contribution in [-0.4, -0.2) is 40.3 Å². The van der Waals surface area contributed by atoms with Crippen LogP contribution in [0.5, 0.6) is 0 Å². The van der Waals surface area contributed by atoms with Gasteiger partial charge in [-0.15, -0.1) is 0 Å². The number of rotatable bonds is 4. The Morgan fingerprint density at radius 3 is 2.36 bits per heavy atom. The van der Waals surface area contributed by atoms with Crippen LogP contribution in [0.25, 0.3) is 0 Å². The maximum Gasteiger partial charge on any atom is 0.267 e. The topological polar surface area (TPSA) is 125 Å². The number of aliphatic hydroxyl groups is 1. The van der Waals surface area contributed by atoms with E-state index in [1.54, 1.807) is 26.0 Å². The quantitative estimate of drug-likeness (QED) is 0.288. The van der Waals surface area contributed by atoms with Crippen molar-refractivity contribution in [3.05, 3.63) is 35.4 Å². The predicted molar refractivity (Wildman–Crippen MR) is 79.9 cm³/mol. The van der Waals surface area contributed by atoms with Gasteiger partial charge in [-0.05, 0) is 38.1 Å². The zero-order chi connectivity index (χ0) is 16.8. The highest BCUT2D eigenvalue weighted by atomic mass is 16.5. The molecule has 2 amide bonds. The van der Waals surface area contributed by atoms with Gasteiger partial charge in [-0.25, -0.2) is 5.48 Å². The Hall–Kier alpha value is -2.40. The SMILES string of the molecule is CC(C)(N)C(NC(=O)c1ccc(C#CCO)cc1)C(=O)NO. The first kappa shape index (κ1) is 17.7. The van der Waals surface area contributed by atoms with Gasteiger partial charge in [0.25, 0.3) is 11.8 Å². The summed E-state index contributed by atoms with van der Waals surface area (Å²) in [6.07, 6.45) is 0. The molecule has 1 aromatic carbocycles. The fourth-order valence-electron chi connectivity index (χ4n) is 1.71. The average Bonchev–Trinajstić information content (AvgIpc) is 2.49. The van der Waals surface area contributed by atoms with Crippen LogP contribution in [0.4, 0.5) is 0 Å². The average molecular weight is 305 g/mol. The fourth-order valence-corrected chi connectivity index (χ4v) is 1.71. The van der Waals surface area contributed by atoms with Gasteiger partial charge in [0.2, 0.25) is 0 Å². The van der Waals surface area contributed by atoms with Gasteiger partial charge in [-0.2, -0.15) is 0 Å². The molecule has 7 nitrogen and oxygen atoms in total. The molecule has 1 unspecified atom stereocenters. The molecule has 0 spiro atoms. The van der Waals surface area contributed by atoms with Crippen LogP contribution < -0.4 is 16.5 Å². The van der Waals surface area contributed by atoms with Crippen molar-refractivity contribution in [2.24, 2.45) is 5.73 Å². The maximum absolute atomic E-state index is 12.1. The van der Waals surface area contributed by atoms with Crippen LogP contribution >= 0.6 is 0 Å². The second-order valence-corrected chi connectivity index (χ2v) is 5.24. The van der Waals surface area contributed by atoms with E-state index >= 15 is 0 Å². The number of hydrogen-bond donors (Lipinski definition) is 5. The lowest BCUT2D eigenvalue weighted by atomic mass is 9.95. The lowest BCUT2D eigenvalue weighted by molar-refractivity contribution is -0.132. The van der Waals surface area contributed by atoms with Crippen molar-refractivity contribution in [2.45, 2.75) is 25.4 Å². The smallest absolute Gasteiger partial charge is 0.267 e. The second kappa shape index (κ2) is 7.56. The van der Waals surface area contributed by atoms with E-state index in [0.29, 0.717) is 11.1 Å². The molecular formula is C15H19N3O4. The first-order chi connectivity index (χ1) is 10.3. The summed E-state index contributed by atoms with van der Waals surface area (Å²) in [5.41, 5.74) is 7.22. The van der Waals surface area contributed by atoms with E-state index in [0.717, 1.165) is 0 Å². The normalized spacial score (nSPS) is 11.9. The largest absolute Gasteiger partial charge is 0.384 e. The molecule has 0 saturated carbocycles. The molecule has 0 radical (unpaired) electrons. The van der Waals surface area contributed by atoms with Crippen molar-refractivity contribution in [1.29, 1.82) is 0 Å². The van der Waals surface area contributed by atoms with Crippen molar-refractivity contribution < 1.29 is 19.9 Å². The molecule has 22 heavy (non-hydrogen) atoms. The Morgan fingerprint density at radius 1 is 1.32 bits per heavy atom. The molecule has 1 aromatic rings. The van der Waals surface area contributed by atoms with Crippen LogP contribution in [0.1, 0.15) is 29.8 Å². The summed E-state index contributed by atoms with van der Waals surface area (Å²) in [6, 6.07) is 5.21. The van der Waals surface area contributed by atoms with Crippen LogP contribution in [0.2, 0.25) is 0 Å². The third-order valence-electron chi connectivity index (χ3n) is 2.85. The first-order valence-corrected chi connectivity index (χ1v) is 6.53. The van der Waals surface area contributed by atoms with Crippen molar-refractivity contribution in [3.63, 3.8) is 0 Å². The number of aliphatic hydroxyl groups excluding tert-OH is 1. The summed E-state index contributed by atoms with van der Waals surface area (Å²) >= 11 is 0. The monoisotopic (exact) mass is 305 g/mol. The van der Waals surface area contributed by atoms with Crippen LogP contribution in [0.15, 0.2) is 24.3 Å². The molecule has 0 aromatic heterocycles. The predicted octanol–water partition coefficient (Wildman–Crippen LogP) is -0.628. The molecule has 0 heterocycles. The number of amides is 2. The molecule has 118 valence electrons. The summed E-state index contributed by atoms with van der Waals surface area (Å²) in [5, 5.41) is 19.8. The fraction of sp³-hybridized carbons (Fsp3) is 0.333. The molecule has 6 N–H and O–H groups in total. The van der Waals surface area contributed by atoms with Crippen molar-refractivity contribution in [3.8, 4) is 11.8 Å². The van der Waals surface area contributed by atoms with E-state index in [4.69, 9.17) is 16.0 Å². The van der Waals surface area contributed by atoms with Gasteiger partial charge in [0, 0.05) is 16.7 Å². The van der Waals surface area contributed by atoms with E-state index in [1.807, 2.05) is 0 Å². The molecular weight excluding hydrogens is 286 g/mol. The van der Waals surface area contributed by atoms with E-state index < -0.39 is 23.4 Å². The van der Waals surface area contributed by atoms with Crippen molar-refractivity contribution >= 4 is 11.8 Å². The number of nitrogens with two attached hydrogens (primary N) is 1. The lowest BCUT2D eigenvalue weighted by Crippen LogP contribution is -2.61. The third-order valence-corrected chi connectivity index (χ3v) is 2.85. The van der Waals surface area contributed by atoms with Crippen LogP contribution in [0, 0.1) is 11.8 Å². The Kier molecular flexibility index (Phi) is 6.07. The number of hydrogen-bond acceptors (Lipinski definition) is 5. The number of hydroxylamine groups is 1. The van der Waals surface area contributed by atoms with E-state index in [-0.39, 0.29) is 6.61 Å². The summed E-state index contributed by atoms with van der Waals surface area (Å²) in [7, 11) is 0. The Bertz CT molecular complexity index is 594. The Balaban J connectivity index is 2.88. The van der Waals surface area contributed by atoms with E-state index in [9.17, 15) is 9.59 Å². The highest BCUT2D eigenvalue weighted by Gasteiger charge is 2.33. The van der Waals surface area contributed by atoms with Gasteiger partial charge < -0.3 is 16.2 Å². The Morgan fingerprint density at radius 2 is 1.91 bits per heavy atom. The zero-order valence-electron chi connectivity index (χ0n) is 12.4. The summed E-state index contributed by atoms with van der Waals surface area (Å²) < 4.78 is 0. The molecule has 1 rings (SSSR count). The minimum Gasteiger partial charge on any atom is -0.384 e.